The quantitative estimate of drug-likeness (QED) is 0.593. The van der Waals surface area contributed by atoms with Crippen LogP contribution in [0.4, 0.5) is 11.4 Å². The van der Waals surface area contributed by atoms with Crippen molar-refractivity contribution in [3.8, 4) is 0 Å². The second-order valence-electron chi connectivity index (χ2n) is 2.38. The number of rotatable bonds is 3. The molecule has 74 valence electrons. The van der Waals surface area contributed by atoms with E-state index in [4.69, 9.17) is 5.11 Å². The Labute approximate surface area is 83.6 Å². The molecule has 0 heterocycles. The molecule has 1 aromatic rings. The van der Waals surface area contributed by atoms with E-state index in [2.05, 4.69) is 9.98 Å². The van der Waals surface area contributed by atoms with Gasteiger partial charge in [-0.05, 0) is 12.1 Å². The molecule has 0 spiro atoms. The summed E-state index contributed by atoms with van der Waals surface area (Å²) in [6.07, 6.45) is 2.44. The Morgan fingerprint density at radius 3 is 2.40 bits per heavy atom. The number of nitrogens with zero attached hydrogens (tertiary/aromatic N) is 2. The van der Waals surface area contributed by atoms with Crippen molar-refractivity contribution >= 4 is 29.5 Å². The number of hydrogen-bond acceptors (Lipinski definition) is 5. The van der Waals surface area contributed by atoms with Crippen LogP contribution in [-0.4, -0.2) is 23.2 Å². The maximum atomic E-state index is 10.7. The van der Waals surface area contributed by atoms with E-state index >= 15 is 0 Å². The lowest BCUT2D eigenvalue weighted by molar-refractivity contribution is 0.0698. The predicted octanol–water partition coefficient (Wildman–Crippen LogP) is 1.32. The van der Waals surface area contributed by atoms with Crippen molar-refractivity contribution in [2.24, 2.45) is 9.98 Å². The van der Waals surface area contributed by atoms with Crippen LogP contribution in [0.25, 0.3) is 0 Å². The molecule has 1 aromatic carbocycles. The molecule has 0 unspecified atom stereocenters. The Morgan fingerprint density at radius 1 is 1.20 bits per heavy atom. The third kappa shape index (κ3) is 2.22. The highest BCUT2D eigenvalue weighted by atomic mass is 16.4. The van der Waals surface area contributed by atoms with Crippen molar-refractivity contribution < 1.29 is 19.5 Å². The van der Waals surface area contributed by atoms with Gasteiger partial charge in [0.15, 0.2) is 0 Å². The largest absolute Gasteiger partial charge is 0.478 e. The normalized spacial score (nSPS) is 8.53. The van der Waals surface area contributed by atoms with Gasteiger partial charge in [0.1, 0.15) is 11.4 Å². The summed E-state index contributed by atoms with van der Waals surface area (Å²) in [6.45, 7) is 0. The van der Waals surface area contributed by atoms with Gasteiger partial charge in [0.05, 0.1) is 5.56 Å². The lowest BCUT2D eigenvalue weighted by Crippen LogP contribution is -1.96. The van der Waals surface area contributed by atoms with E-state index in [9.17, 15) is 14.4 Å². The van der Waals surface area contributed by atoms with Gasteiger partial charge in [-0.2, -0.15) is 9.98 Å². The van der Waals surface area contributed by atoms with E-state index in [1.807, 2.05) is 0 Å². The topological polar surface area (TPSA) is 96.2 Å². The predicted molar refractivity (Wildman–Crippen MR) is 49.0 cm³/mol. The second-order valence-corrected chi connectivity index (χ2v) is 2.38. The van der Waals surface area contributed by atoms with Crippen molar-refractivity contribution in [3.63, 3.8) is 0 Å². The molecule has 0 aliphatic rings. The van der Waals surface area contributed by atoms with Crippen molar-refractivity contribution in [1.29, 1.82) is 0 Å². The van der Waals surface area contributed by atoms with Gasteiger partial charge in [-0.25, -0.2) is 14.4 Å². The first kappa shape index (κ1) is 10.5. The lowest BCUT2D eigenvalue weighted by atomic mass is 10.1. The highest BCUT2D eigenvalue weighted by molar-refractivity contribution is 5.97. The van der Waals surface area contributed by atoms with Gasteiger partial charge in [0, 0.05) is 0 Å². The number of carboxylic acids is 1. The van der Waals surface area contributed by atoms with Crippen molar-refractivity contribution in [3.05, 3.63) is 23.8 Å². The standard InChI is InChI=1S/C9H4N2O4/c12-4-10-7-3-1-2-6(9(14)15)8(7)11-5-13/h1-3H,(H,14,15). The van der Waals surface area contributed by atoms with Crippen molar-refractivity contribution in [1.82, 2.24) is 0 Å². The third-order valence-electron chi connectivity index (χ3n) is 1.57. The molecule has 0 fully saturated rings. The summed E-state index contributed by atoms with van der Waals surface area (Å²) >= 11 is 0. The summed E-state index contributed by atoms with van der Waals surface area (Å²) in [6, 6.07) is 3.96. The molecule has 0 saturated heterocycles. The van der Waals surface area contributed by atoms with Crippen LogP contribution in [-0.2, 0) is 9.59 Å². The van der Waals surface area contributed by atoms with Crippen LogP contribution in [0.1, 0.15) is 10.4 Å². The fourth-order valence-electron chi connectivity index (χ4n) is 1.01. The maximum Gasteiger partial charge on any atom is 0.338 e. The number of carbonyl (C=O) groups excluding carboxylic acids is 2. The summed E-state index contributed by atoms with van der Waals surface area (Å²) in [5.41, 5.74) is -0.466. The van der Waals surface area contributed by atoms with Crippen LogP contribution in [0, 0.1) is 0 Å². The molecule has 0 amide bonds. The minimum atomic E-state index is -1.27. The molecule has 0 aliphatic heterocycles. The Morgan fingerprint density at radius 2 is 1.87 bits per heavy atom. The number of carboxylic acid groups (broad SMARTS) is 1. The highest BCUT2D eigenvalue weighted by Gasteiger charge is 2.13. The number of aliphatic imine (C=N–C) groups is 2. The summed E-state index contributed by atoms with van der Waals surface area (Å²) in [5, 5.41) is 8.75. The Bertz CT molecular complexity index is 477. The number of benzene rings is 1. The SMILES string of the molecule is O=C=Nc1cccc(C(=O)O)c1N=C=O. The van der Waals surface area contributed by atoms with Gasteiger partial charge in [-0.15, -0.1) is 0 Å². The first-order valence-electron chi connectivity index (χ1n) is 3.72. The average molecular weight is 204 g/mol. The van der Waals surface area contributed by atoms with Gasteiger partial charge < -0.3 is 5.11 Å². The van der Waals surface area contributed by atoms with Gasteiger partial charge in [-0.3, -0.25) is 0 Å². The Hall–Kier alpha value is -2.55. The van der Waals surface area contributed by atoms with Crippen LogP contribution < -0.4 is 0 Å². The zero-order valence-electron chi connectivity index (χ0n) is 7.30. The van der Waals surface area contributed by atoms with E-state index in [0.717, 1.165) is 0 Å². The third-order valence-corrected chi connectivity index (χ3v) is 1.57. The molecule has 0 bridgehead atoms. The van der Waals surface area contributed by atoms with E-state index in [0.29, 0.717) is 0 Å². The van der Waals surface area contributed by atoms with Crippen LogP contribution in [0.15, 0.2) is 28.2 Å². The Kier molecular flexibility index (Phi) is 3.24. The number of aromatic carboxylic acids is 1. The molecule has 1 N–H and O–H groups in total. The first-order valence-corrected chi connectivity index (χ1v) is 3.72. The summed E-state index contributed by atoms with van der Waals surface area (Å²) < 4.78 is 0. The van der Waals surface area contributed by atoms with Gasteiger partial charge in [0.25, 0.3) is 0 Å². The number of para-hydroxylation sites is 1. The molecule has 0 aliphatic carbocycles. The number of carbonyl (C=O) groups is 1. The Balaban J connectivity index is 3.54. The molecule has 0 atom stereocenters. The van der Waals surface area contributed by atoms with Crippen LogP contribution in [0.3, 0.4) is 0 Å². The molecule has 6 nitrogen and oxygen atoms in total. The summed E-state index contributed by atoms with van der Waals surface area (Å²) in [7, 11) is 0. The average Bonchev–Trinajstić information content (AvgIpc) is 2.21. The zero-order chi connectivity index (χ0) is 11.3. The summed E-state index contributed by atoms with van der Waals surface area (Å²) in [4.78, 5) is 37.3. The van der Waals surface area contributed by atoms with Crippen molar-refractivity contribution in [2.45, 2.75) is 0 Å². The molecule has 15 heavy (non-hydrogen) atoms. The van der Waals surface area contributed by atoms with E-state index in [1.165, 1.54) is 30.4 Å². The van der Waals surface area contributed by atoms with Crippen LogP contribution in [0.2, 0.25) is 0 Å². The fourth-order valence-corrected chi connectivity index (χ4v) is 1.01. The molecule has 1 rings (SSSR count). The molecular weight excluding hydrogens is 200 g/mol. The van der Waals surface area contributed by atoms with E-state index in [-0.39, 0.29) is 16.9 Å². The van der Waals surface area contributed by atoms with E-state index in [1.54, 1.807) is 0 Å². The first-order chi connectivity index (χ1) is 7.20. The monoisotopic (exact) mass is 204 g/mol. The molecule has 0 aromatic heterocycles. The van der Waals surface area contributed by atoms with Crippen LogP contribution in [0.5, 0.6) is 0 Å². The van der Waals surface area contributed by atoms with Gasteiger partial charge >= 0.3 is 5.97 Å². The molecular formula is C9H4N2O4. The molecule has 6 heteroatoms. The van der Waals surface area contributed by atoms with Crippen molar-refractivity contribution in [2.75, 3.05) is 0 Å². The lowest BCUT2D eigenvalue weighted by Gasteiger charge is -2.00. The zero-order valence-corrected chi connectivity index (χ0v) is 7.30. The molecule has 0 radical (unpaired) electrons. The van der Waals surface area contributed by atoms with E-state index < -0.39 is 5.97 Å². The maximum absolute atomic E-state index is 10.7. The number of isocyanates is 2. The van der Waals surface area contributed by atoms with Crippen LogP contribution >= 0.6 is 0 Å². The smallest absolute Gasteiger partial charge is 0.338 e. The minimum Gasteiger partial charge on any atom is -0.478 e. The van der Waals surface area contributed by atoms with Gasteiger partial charge in [-0.1, -0.05) is 6.07 Å². The fraction of sp³-hybridized carbons (Fsp3) is 0. The molecule has 0 saturated carbocycles. The summed E-state index contributed by atoms with van der Waals surface area (Å²) in [5.74, 6) is -1.27. The second kappa shape index (κ2) is 4.62. The number of hydrogen-bond donors (Lipinski definition) is 1. The highest BCUT2D eigenvalue weighted by Crippen LogP contribution is 2.30. The minimum absolute atomic E-state index is 0.0340. The van der Waals surface area contributed by atoms with Gasteiger partial charge in [0.2, 0.25) is 12.2 Å².